The Morgan fingerprint density at radius 2 is 2.12 bits per heavy atom. The van der Waals surface area contributed by atoms with Gasteiger partial charge in [-0.3, -0.25) is 14.4 Å². The highest BCUT2D eigenvalue weighted by Gasteiger charge is 2.25. The fourth-order valence-corrected chi connectivity index (χ4v) is 4.43. The minimum absolute atomic E-state index is 0.158. The summed E-state index contributed by atoms with van der Waals surface area (Å²) < 4.78 is 7.56. The number of piperazine rings is 1. The lowest BCUT2D eigenvalue weighted by molar-refractivity contribution is 0.0636. The largest absolute Gasteiger partial charge is 0.373 e. The van der Waals surface area contributed by atoms with Crippen LogP contribution in [0.1, 0.15) is 33.5 Å². The van der Waals surface area contributed by atoms with Gasteiger partial charge in [-0.15, -0.1) is 11.3 Å². The summed E-state index contributed by atoms with van der Waals surface area (Å²) in [5, 5.41) is 4.12. The summed E-state index contributed by atoms with van der Waals surface area (Å²) in [4.78, 5) is 23.1. The molecule has 2 fully saturated rings. The molecular formula is C17H23N5O2S. The Morgan fingerprint density at radius 3 is 2.84 bits per heavy atom. The molecule has 2 saturated heterocycles. The van der Waals surface area contributed by atoms with Crippen molar-refractivity contribution in [2.24, 2.45) is 0 Å². The molecule has 0 saturated carbocycles. The Morgan fingerprint density at radius 1 is 1.24 bits per heavy atom. The minimum Gasteiger partial charge on any atom is -0.373 e. The maximum Gasteiger partial charge on any atom is 0.264 e. The molecule has 0 aliphatic carbocycles. The average Bonchev–Trinajstić information content (AvgIpc) is 3.42. The van der Waals surface area contributed by atoms with Gasteiger partial charge in [0.25, 0.3) is 5.91 Å². The van der Waals surface area contributed by atoms with Crippen LogP contribution in [0.2, 0.25) is 0 Å². The second kappa shape index (κ2) is 7.63. The highest BCUT2D eigenvalue weighted by Crippen LogP contribution is 2.33. The number of nitrogens with zero attached hydrogens (tertiary/aromatic N) is 5. The smallest absolute Gasteiger partial charge is 0.264 e. The normalized spacial score (nSPS) is 21.8. The first-order valence-corrected chi connectivity index (χ1v) is 9.66. The summed E-state index contributed by atoms with van der Waals surface area (Å²) in [6.07, 6.45) is 5.67. The van der Waals surface area contributed by atoms with E-state index in [1.54, 1.807) is 24.0 Å². The number of hydrogen-bond donors (Lipinski definition) is 0. The van der Waals surface area contributed by atoms with E-state index in [4.69, 9.17) is 4.74 Å². The number of carbonyl (C=O) groups excluding carboxylic acids is 1. The molecule has 4 rings (SSSR count). The van der Waals surface area contributed by atoms with Crippen molar-refractivity contribution in [1.82, 2.24) is 24.6 Å². The minimum atomic E-state index is 0.158. The van der Waals surface area contributed by atoms with E-state index in [2.05, 4.69) is 21.0 Å². The number of carbonyl (C=O) groups is 1. The van der Waals surface area contributed by atoms with Crippen molar-refractivity contribution in [3.63, 3.8) is 0 Å². The molecule has 2 aromatic rings. The molecule has 134 valence electrons. The van der Waals surface area contributed by atoms with Crippen molar-refractivity contribution in [2.75, 3.05) is 39.3 Å². The van der Waals surface area contributed by atoms with Gasteiger partial charge in [0.1, 0.15) is 12.7 Å². The standard InChI is InChI=1S/C17H23N5O2S/c23-17(16-4-3-15(25-16)14-2-1-11-24-14)21-8-5-20(6-9-21)7-10-22-13-18-12-19-22/h3-4,12-14H,1-2,5-11H2. The van der Waals surface area contributed by atoms with Crippen molar-refractivity contribution < 1.29 is 9.53 Å². The Labute approximate surface area is 151 Å². The number of ether oxygens (including phenoxy) is 1. The van der Waals surface area contributed by atoms with Gasteiger partial charge in [0.05, 0.1) is 17.5 Å². The molecule has 7 nitrogen and oxygen atoms in total. The molecule has 2 aliphatic rings. The maximum atomic E-state index is 12.7. The van der Waals surface area contributed by atoms with Gasteiger partial charge in [-0.05, 0) is 25.0 Å². The van der Waals surface area contributed by atoms with E-state index in [1.165, 1.54) is 4.88 Å². The van der Waals surface area contributed by atoms with Gasteiger partial charge in [0, 0.05) is 44.2 Å². The first-order chi connectivity index (χ1) is 12.3. The molecule has 0 bridgehead atoms. The molecule has 4 heterocycles. The Bertz CT molecular complexity index is 688. The van der Waals surface area contributed by atoms with Gasteiger partial charge >= 0.3 is 0 Å². The molecule has 0 N–H and O–H groups in total. The Balaban J connectivity index is 1.27. The summed E-state index contributed by atoms with van der Waals surface area (Å²) in [6.45, 7) is 5.99. The van der Waals surface area contributed by atoms with Crippen LogP contribution in [0.5, 0.6) is 0 Å². The number of amides is 1. The summed E-state index contributed by atoms with van der Waals surface area (Å²) >= 11 is 1.59. The summed E-state index contributed by atoms with van der Waals surface area (Å²) in [7, 11) is 0. The van der Waals surface area contributed by atoms with Crippen LogP contribution in [0, 0.1) is 0 Å². The molecule has 0 radical (unpaired) electrons. The molecule has 0 aromatic carbocycles. The molecule has 8 heteroatoms. The predicted molar refractivity (Wildman–Crippen MR) is 94.6 cm³/mol. The Hall–Kier alpha value is -1.77. The number of aromatic nitrogens is 3. The van der Waals surface area contributed by atoms with E-state index < -0.39 is 0 Å². The van der Waals surface area contributed by atoms with E-state index in [0.717, 1.165) is 63.6 Å². The zero-order chi connectivity index (χ0) is 17.1. The van der Waals surface area contributed by atoms with Crippen molar-refractivity contribution in [3.8, 4) is 0 Å². The summed E-state index contributed by atoms with van der Waals surface area (Å²) in [5.74, 6) is 0.158. The fraction of sp³-hybridized carbons (Fsp3) is 0.588. The van der Waals surface area contributed by atoms with E-state index >= 15 is 0 Å². The van der Waals surface area contributed by atoms with Crippen molar-refractivity contribution >= 4 is 17.2 Å². The third-order valence-corrected chi connectivity index (χ3v) is 6.02. The molecule has 2 aliphatic heterocycles. The molecule has 1 atom stereocenters. The second-order valence-electron chi connectivity index (χ2n) is 6.50. The molecule has 1 unspecified atom stereocenters. The van der Waals surface area contributed by atoms with Crippen LogP contribution in [0.25, 0.3) is 0 Å². The van der Waals surface area contributed by atoms with Crippen LogP contribution < -0.4 is 0 Å². The van der Waals surface area contributed by atoms with Crippen LogP contribution >= 0.6 is 11.3 Å². The number of rotatable bonds is 5. The fourth-order valence-electron chi connectivity index (χ4n) is 3.37. The summed E-state index contributed by atoms with van der Waals surface area (Å²) in [6, 6.07) is 4.02. The van der Waals surface area contributed by atoms with E-state index in [1.807, 2.05) is 15.6 Å². The topological polar surface area (TPSA) is 63.5 Å². The molecule has 25 heavy (non-hydrogen) atoms. The zero-order valence-corrected chi connectivity index (χ0v) is 15.0. The van der Waals surface area contributed by atoms with Gasteiger partial charge in [-0.2, -0.15) is 5.10 Å². The zero-order valence-electron chi connectivity index (χ0n) is 14.2. The van der Waals surface area contributed by atoms with E-state index in [-0.39, 0.29) is 12.0 Å². The molecule has 0 spiro atoms. The summed E-state index contributed by atoms with van der Waals surface area (Å²) in [5.41, 5.74) is 0. The van der Waals surface area contributed by atoms with Crippen LogP contribution in [0.3, 0.4) is 0 Å². The van der Waals surface area contributed by atoms with Crippen molar-refractivity contribution in [1.29, 1.82) is 0 Å². The van der Waals surface area contributed by atoms with Crippen LogP contribution in [-0.2, 0) is 11.3 Å². The van der Waals surface area contributed by atoms with Crippen LogP contribution in [-0.4, -0.2) is 69.8 Å². The van der Waals surface area contributed by atoms with Crippen LogP contribution in [0.15, 0.2) is 24.8 Å². The first kappa shape index (κ1) is 16.7. The highest BCUT2D eigenvalue weighted by atomic mass is 32.1. The third kappa shape index (κ3) is 3.91. The molecular weight excluding hydrogens is 338 g/mol. The van der Waals surface area contributed by atoms with Gasteiger partial charge < -0.3 is 9.64 Å². The average molecular weight is 361 g/mol. The predicted octanol–water partition coefficient (Wildman–Crippen LogP) is 1.65. The first-order valence-electron chi connectivity index (χ1n) is 8.85. The van der Waals surface area contributed by atoms with Gasteiger partial charge in [0.2, 0.25) is 0 Å². The van der Waals surface area contributed by atoms with Crippen molar-refractivity contribution in [2.45, 2.75) is 25.5 Å². The lowest BCUT2D eigenvalue weighted by Gasteiger charge is -2.34. The van der Waals surface area contributed by atoms with Gasteiger partial charge in [-0.1, -0.05) is 0 Å². The maximum absolute atomic E-state index is 12.7. The quantitative estimate of drug-likeness (QED) is 0.810. The SMILES string of the molecule is O=C(c1ccc(C2CCCO2)s1)N1CCN(CCn2cncn2)CC1. The third-order valence-electron chi connectivity index (χ3n) is 4.86. The Kier molecular flexibility index (Phi) is 5.09. The lowest BCUT2D eigenvalue weighted by Crippen LogP contribution is -2.49. The van der Waals surface area contributed by atoms with Crippen molar-refractivity contribution in [3.05, 3.63) is 34.5 Å². The van der Waals surface area contributed by atoms with Gasteiger partial charge in [0.15, 0.2) is 0 Å². The van der Waals surface area contributed by atoms with Gasteiger partial charge in [-0.25, -0.2) is 4.98 Å². The monoisotopic (exact) mass is 361 g/mol. The van der Waals surface area contributed by atoms with E-state index in [9.17, 15) is 4.79 Å². The second-order valence-corrected chi connectivity index (χ2v) is 7.61. The van der Waals surface area contributed by atoms with Crippen LogP contribution in [0.4, 0.5) is 0 Å². The molecule has 1 amide bonds. The van der Waals surface area contributed by atoms with E-state index in [0.29, 0.717) is 0 Å². The lowest BCUT2D eigenvalue weighted by atomic mass is 10.2. The highest BCUT2D eigenvalue weighted by molar-refractivity contribution is 7.14. The molecule has 2 aromatic heterocycles. The number of hydrogen-bond acceptors (Lipinski definition) is 6. The number of thiophene rings is 1.